The van der Waals surface area contributed by atoms with Crippen LogP contribution in [0.5, 0.6) is 0 Å². The van der Waals surface area contributed by atoms with E-state index in [-0.39, 0.29) is 18.3 Å². The van der Waals surface area contributed by atoms with Crippen LogP contribution in [0.3, 0.4) is 0 Å². The first-order chi connectivity index (χ1) is 14.5. The molecule has 0 atom stereocenters. The van der Waals surface area contributed by atoms with E-state index in [2.05, 4.69) is 43.0 Å². The van der Waals surface area contributed by atoms with E-state index in [1.54, 1.807) is 0 Å². The first-order valence-corrected chi connectivity index (χ1v) is 11.4. The summed E-state index contributed by atoms with van der Waals surface area (Å²) in [4.78, 5) is 22.9. The van der Waals surface area contributed by atoms with Gasteiger partial charge in [-0.25, -0.2) is 9.67 Å². The summed E-state index contributed by atoms with van der Waals surface area (Å²) in [5.74, 6) is 0.0954. The Bertz CT molecular complexity index is 1040. The number of thiazole rings is 1. The second kappa shape index (κ2) is 9.94. The zero-order valence-corrected chi connectivity index (χ0v) is 20.2. The van der Waals surface area contributed by atoms with E-state index >= 15 is 0 Å². The number of aryl methyl sites for hydroxylation is 2. The molecule has 3 aromatic rings. The van der Waals surface area contributed by atoms with E-state index in [0.717, 1.165) is 66.2 Å². The SMILES string of the molecule is CCN1CCN(C(=O)c2sc(-n3nc(C)c(Cc4ccccc4)c3C)nc2C)CC1.Cl. The van der Waals surface area contributed by atoms with Crippen molar-refractivity contribution in [3.05, 3.63) is 63.4 Å². The lowest BCUT2D eigenvalue weighted by Gasteiger charge is -2.33. The van der Waals surface area contributed by atoms with Gasteiger partial charge in [-0.1, -0.05) is 48.6 Å². The Kier molecular flexibility index (Phi) is 7.51. The number of hydrogen-bond donors (Lipinski definition) is 0. The second-order valence-corrected chi connectivity index (χ2v) is 8.84. The normalized spacial score (nSPS) is 14.5. The molecule has 3 heterocycles. The summed E-state index contributed by atoms with van der Waals surface area (Å²) >= 11 is 1.45. The molecule has 166 valence electrons. The molecule has 0 saturated carbocycles. The minimum Gasteiger partial charge on any atom is -0.335 e. The minimum absolute atomic E-state index is 0. The van der Waals surface area contributed by atoms with Crippen LogP contribution >= 0.6 is 23.7 Å². The minimum atomic E-state index is 0. The average Bonchev–Trinajstić information content (AvgIpc) is 3.28. The lowest BCUT2D eigenvalue weighted by molar-refractivity contribution is 0.0647. The van der Waals surface area contributed by atoms with Crippen molar-refractivity contribution < 1.29 is 4.79 Å². The fourth-order valence-corrected chi connectivity index (χ4v) is 5.04. The van der Waals surface area contributed by atoms with Crippen LogP contribution in [0.15, 0.2) is 30.3 Å². The first kappa shape index (κ1) is 23.4. The van der Waals surface area contributed by atoms with Crippen molar-refractivity contribution in [2.45, 2.75) is 34.1 Å². The number of rotatable bonds is 5. The molecule has 1 aliphatic heterocycles. The number of benzene rings is 1. The van der Waals surface area contributed by atoms with Crippen LogP contribution in [0.4, 0.5) is 0 Å². The topological polar surface area (TPSA) is 54.3 Å². The molecule has 1 amide bonds. The standard InChI is InChI=1S/C23H29N5OS.ClH/c1-5-26-11-13-27(14-12-26)22(29)21-17(3)24-23(30-21)28-18(4)20(16(2)25-28)15-19-9-7-6-8-10-19;/h6-10H,5,11-15H2,1-4H3;1H. The van der Waals surface area contributed by atoms with E-state index in [9.17, 15) is 4.79 Å². The van der Waals surface area contributed by atoms with Gasteiger partial charge in [0.25, 0.3) is 5.91 Å². The summed E-state index contributed by atoms with van der Waals surface area (Å²) in [6.45, 7) is 12.7. The number of aromatic nitrogens is 3. The number of carbonyl (C=O) groups excluding carboxylic acids is 1. The van der Waals surface area contributed by atoms with Gasteiger partial charge in [0.1, 0.15) is 4.88 Å². The monoisotopic (exact) mass is 459 g/mol. The molecule has 1 aromatic carbocycles. The maximum absolute atomic E-state index is 13.1. The molecule has 0 aliphatic carbocycles. The molecule has 1 fully saturated rings. The molecule has 1 aliphatic rings. The van der Waals surface area contributed by atoms with Crippen LogP contribution in [0.25, 0.3) is 5.13 Å². The van der Waals surface area contributed by atoms with E-state index < -0.39 is 0 Å². The molecule has 4 rings (SSSR count). The van der Waals surface area contributed by atoms with Crippen LogP contribution < -0.4 is 0 Å². The van der Waals surface area contributed by atoms with Crippen molar-refractivity contribution in [3.8, 4) is 5.13 Å². The predicted molar refractivity (Wildman–Crippen MR) is 128 cm³/mol. The summed E-state index contributed by atoms with van der Waals surface area (Å²) in [5.41, 5.74) is 5.36. The highest BCUT2D eigenvalue weighted by Crippen LogP contribution is 2.27. The Hall–Kier alpha value is -2.22. The highest BCUT2D eigenvalue weighted by Gasteiger charge is 2.26. The van der Waals surface area contributed by atoms with E-state index in [0.29, 0.717) is 0 Å². The van der Waals surface area contributed by atoms with Crippen molar-refractivity contribution in [2.24, 2.45) is 0 Å². The van der Waals surface area contributed by atoms with Gasteiger partial charge < -0.3 is 9.80 Å². The Morgan fingerprint density at radius 3 is 2.35 bits per heavy atom. The third-order valence-corrected chi connectivity index (χ3v) is 7.05. The molecular weight excluding hydrogens is 430 g/mol. The van der Waals surface area contributed by atoms with Gasteiger partial charge in [0, 0.05) is 43.9 Å². The van der Waals surface area contributed by atoms with Crippen molar-refractivity contribution in [2.75, 3.05) is 32.7 Å². The van der Waals surface area contributed by atoms with Crippen molar-refractivity contribution in [1.82, 2.24) is 24.6 Å². The van der Waals surface area contributed by atoms with Gasteiger partial charge in [-0.15, -0.1) is 12.4 Å². The van der Waals surface area contributed by atoms with Gasteiger partial charge in [0.05, 0.1) is 11.4 Å². The highest BCUT2D eigenvalue weighted by atomic mass is 35.5. The first-order valence-electron chi connectivity index (χ1n) is 10.6. The summed E-state index contributed by atoms with van der Waals surface area (Å²) in [7, 11) is 0. The molecule has 0 bridgehead atoms. The Balaban J connectivity index is 0.00000272. The maximum Gasteiger partial charge on any atom is 0.266 e. The Morgan fingerprint density at radius 1 is 1.03 bits per heavy atom. The number of piperazine rings is 1. The van der Waals surface area contributed by atoms with Gasteiger partial charge in [0.15, 0.2) is 0 Å². The largest absolute Gasteiger partial charge is 0.335 e. The number of nitrogens with zero attached hydrogens (tertiary/aromatic N) is 5. The van der Waals surface area contributed by atoms with Crippen LogP contribution in [0, 0.1) is 20.8 Å². The van der Waals surface area contributed by atoms with E-state index in [4.69, 9.17) is 10.1 Å². The van der Waals surface area contributed by atoms with Crippen LogP contribution in [-0.2, 0) is 6.42 Å². The summed E-state index contributed by atoms with van der Waals surface area (Å²) in [5, 5.41) is 5.52. The quantitative estimate of drug-likeness (QED) is 0.577. The molecule has 0 N–H and O–H groups in total. The number of hydrogen-bond acceptors (Lipinski definition) is 5. The van der Waals surface area contributed by atoms with Gasteiger partial charge in [-0.05, 0) is 32.9 Å². The van der Waals surface area contributed by atoms with E-state index in [1.807, 2.05) is 29.5 Å². The van der Waals surface area contributed by atoms with Gasteiger partial charge >= 0.3 is 0 Å². The van der Waals surface area contributed by atoms with Gasteiger partial charge in [-0.3, -0.25) is 4.79 Å². The lowest BCUT2D eigenvalue weighted by Crippen LogP contribution is -2.48. The van der Waals surface area contributed by atoms with Crippen LogP contribution in [0.1, 0.15) is 44.8 Å². The second-order valence-electron chi connectivity index (χ2n) is 7.86. The van der Waals surface area contributed by atoms with E-state index in [1.165, 1.54) is 22.5 Å². The third kappa shape index (κ3) is 4.84. The van der Waals surface area contributed by atoms with Crippen LogP contribution in [0.2, 0.25) is 0 Å². The van der Waals surface area contributed by atoms with Gasteiger partial charge in [0.2, 0.25) is 5.13 Å². The fraction of sp³-hybridized carbons (Fsp3) is 0.435. The zero-order valence-electron chi connectivity index (χ0n) is 18.6. The van der Waals surface area contributed by atoms with Crippen molar-refractivity contribution in [3.63, 3.8) is 0 Å². The summed E-state index contributed by atoms with van der Waals surface area (Å²) < 4.78 is 1.90. The fourth-order valence-electron chi connectivity index (χ4n) is 4.00. The predicted octanol–water partition coefficient (Wildman–Crippen LogP) is 4.04. The molecule has 31 heavy (non-hydrogen) atoms. The number of halogens is 1. The molecule has 6 nitrogen and oxygen atoms in total. The number of likely N-dealkylation sites (N-methyl/N-ethyl adjacent to an activating group) is 1. The average molecular weight is 460 g/mol. The molecule has 0 radical (unpaired) electrons. The molecule has 0 unspecified atom stereocenters. The van der Waals surface area contributed by atoms with Crippen molar-refractivity contribution >= 4 is 29.7 Å². The van der Waals surface area contributed by atoms with Gasteiger partial charge in [-0.2, -0.15) is 5.10 Å². The molecule has 1 saturated heterocycles. The zero-order chi connectivity index (χ0) is 21.3. The lowest BCUT2D eigenvalue weighted by atomic mass is 10.0. The molecule has 2 aromatic heterocycles. The Labute approximate surface area is 194 Å². The number of carbonyl (C=O) groups is 1. The third-order valence-electron chi connectivity index (χ3n) is 5.93. The number of amides is 1. The Morgan fingerprint density at radius 2 is 1.71 bits per heavy atom. The maximum atomic E-state index is 13.1. The highest BCUT2D eigenvalue weighted by molar-refractivity contribution is 7.16. The molecular formula is C23H30ClN5OS. The van der Waals surface area contributed by atoms with Crippen molar-refractivity contribution in [1.29, 1.82) is 0 Å². The smallest absolute Gasteiger partial charge is 0.266 e. The molecule has 8 heteroatoms. The summed E-state index contributed by atoms with van der Waals surface area (Å²) in [6.07, 6.45) is 0.844. The van der Waals surface area contributed by atoms with Crippen LogP contribution in [-0.4, -0.2) is 63.2 Å². The summed E-state index contributed by atoms with van der Waals surface area (Å²) in [6, 6.07) is 10.4. The molecule has 0 spiro atoms.